The van der Waals surface area contributed by atoms with Crippen molar-refractivity contribution in [3.05, 3.63) is 53.1 Å². The molecule has 8 nitrogen and oxygen atoms in total. The van der Waals surface area contributed by atoms with E-state index < -0.39 is 17.0 Å². The first-order chi connectivity index (χ1) is 16.4. The average Bonchev–Trinajstić information content (AvgIpc) is 3.23. The molecule has 0 aliphatic carbocycles. The number of carbonyl (C=O) groups is 1. The molecule has 1 aromatic carbocycles. The third kappa shape index (κ3) is 5.73. The molecule has 35 heavy (non-hydrogen) atoms. The van der Waals surface area contributed by atoms with Crippen LogP contribution in [0.25, 0.3) is 11.0 Å². The second-order valence-corrected chi connectivity index (χ2v) is 10.5. The van der Waals surface area contributed by atoms with Crippen molar-refractivity contribution in [2.45, 2.75) is 58.3 Å². The average molecular weight is 502 g/mol. The van der Waals surface area contributed by atoms with Gasteiger partial charge < -0.3 is 19.7 Å². The van der Waals surface area contributed by atoms with E-state index in [9.17, 15) is 9.18 Å². The lowest BCUT2D eigenvalue weighted by Gasteiger charge is -2.28. The Morgan fingerprint density at radius 1 is 1.17 bits per heavy atom. The van der Waals surface area contributed by atoms with Gasteiger partial charge in [-0.3, -0.25) is 0 Å². The van der Waals surface area contributed by atoms with E-state index in [4.69, 9.17) is 21.1 Å². The largest absolute Gasteiger partial charge is 0.472 e. The van der Waals surface area contributed by atoms with E-state index in [2.05, 4.69) is 20.3 Å². The van der Waals surface area contributed by atoms with Crippen LogP contribution in [0.1, 0.15) is 46.6 Å². The second-order valence-electron chi connectivity index (χ2n) is 10.0. The van der Waals surface area contributed by atoms with Crippen molar-refractivity contribution in [1.29, 1.82) is 0 Å². The zero-order chi connectivity index (χ0) is 25.4. The predicted octanol–water partition coefficient (Wildman–Crippen LogP) is 5.55. The van der Waals surface area contributed by atoms with Crippen LogP contribution in [0.3, 0.4) is 0 Å². The lowest BCUT2D eigenvalue weighted by molar-refractivity contribution is 0.0275. The summed E-state index contributed by atoms with van der Waals surface area (Å²) >= 11 is 5.99. The van der Waals surface area contributed by atoms with Crippen LogP contribution in [0, 0.1) is 5.82 Å². The number of rotatable bonds is 5. The van der Waals surface area contributed by atoms with Gasteiger partial charge in [0, 0.05) is 24.6 Å². The molecule has 1 aliphatic heterocycles. The summed E-state index contributed by atoms with van der Waals surface area (Å²) < 4.78 is 26.2. The van der Waals surface area contributed by atoms with Crippen LogP contribution in [-0.2, 0) is 10.3 Å². The standard InChI is InChI=1S/C25H29ClFN5O3/c1-24(2,3)35-23(33)32-12-11-15(13-32)34-19-10-9-18-21(30-19)22(29-14-28-18)31-25(4,5)16-7-6-8-17(26)20(16)27/h6-10,14-15H,11-13H2,1-5H3,(H,28,29,31)/t15-/m0/s1. The van der Waals surface area contributed by atoms with Crippen molar-refractivity contribution >= 4 is 34.5 Å². The Labute approximate surface area is 208 Å². The number of nitrogens with zero attached hydrogens (tertiary/aromatic N) is 4. The summed E-state index contributed by atoms with van der Waals surface area (Å²) in [6.45, 7) is 10.1. The van der Waals surface area contributed by atoms with Gasteiger partial charge in [0.2, 0.25) is 5.88 Å². The minimum Gasteiger partial charge on any atom is -0.472 e. The highest BCUT2D eigenvalue weighted by Gasteiger charge is 2.31. The molecule has 1 N–H and O–H groups in total. The molecule has 186 valence electrons. The van der Waals surface area contributed by atoms with Crippen molar-refractivity contribution < 1.29 is 18.7 Å². The molecule has 0 spiro atoms. The zero-order valence-electron chi connectivity index (χ0n) is 20.4. The van der Waals surface area contributed by atoms with Gasteiger partial charge in [0.15, 0.2) is 5.82 Å². The fourth-order valence-corrected chi connectivity index (χ4v) is 4.09. The third-order valence-electron chi connectivity index (χ3n) is 5.60. The third-order valence-corrected chi connectivity index (χ3v) is 5.89. The Morgan fingerprint density at radius 3 is 2.69 bits per heavy atom. The lowest BCUT2D eigenvalue weighted by Crippen LogP contribution is -2.36. The number of ether oxygens (including phenoxy) is 2. The second kappa shape index (κ2) is 9.45. The molecule has 3 aromatic rings. The van der Waals surface area contributed by atoms with Crippen molar-refractivity contribution in [2.75, 3.05) is 18.4 Å². The topological polar surface area (TPSA) is 89.5 Å². The van der Waals surface area contributed by atoms with Crippen molar-refractivity contribution in [2.24, 2.45) is 0 Å². The van der Waals surface area contributed by atoms with E-state index in [1.165, 1.54) is 12.4 Å². The van der Waals surface area contributed by atoms with Crippen molar-refractivity contribution in [1.82, 2.24) is 19.9 Å². The van der Waals surface area contributed by atoms with E-state index in [1.807, 2.05) is 34.6 Å². The molecule has 3 heterocycles. The number of halogens is 2. The van der Waals surface area contributed by atoms with E-state index in [0.29, 0.717) is 47.8 Å². The molecule has 4 rings (SSSR count). The molecule has 1 amide bonds. The van der Waals surface area contributed by atoms with Crippen LogP contribution >= 0.6 is 11.6 Å². The van der Waals surface area contributed by atoms with Crippen LogP contribution < -0.4 is 10.1 Å². The number of hydrogen-bond donors (Lipinski definition) is 1. The first-order valence-electron chi connectivity index (χ1n) is 11.4. The highest BCUT2D eigenvalue weighted by molar-refractivity contribution is 6.30. The minimum absolute atomic E-state index is 0.0516. The molecule has 1 fully saturated rings. The molecule has 1 aliphatic rings. The van der Waals surface area contributed by atoms with Gasteiger partial charge >= 0.3 is 6.09 Å². The maximum Gasteiger partial charge on any atom is 0.410 e. The van der Waals surface area contributed by atoms with Gasteiger partial charge in [-0.1, -0.05) is 23.7 Å². The number of likely N-dealkylation sites (tertiary alicyclic amines) is 1. The molecule has 0 unspecified atom stereocenters. The first-order valence-corrected chi connectivity index (χ1v) is 11.8. The van der Waals surface area contributed by atoms with Gasteiger partial charge in [-0.15, -0.1) is 0 Å². The number of amides is 1. The number of pyridine rings is 1. The molecule has 1 atom stereocenters. The van der Waals surface area contributed by atoms with Gasteiger partial charge in [0.05, 0.1) is 22.6 Å². The molecule has 1 saturated heterocycles. The SMILES string of the molecule is CC(C)(C)OC(=O)N1CC[C@H](Oc2ccc3ncnc(NC(C)(C)c4cccc(Cl)c4F)c3n2)C1. The smallest absolute Gasteiger partial charge is 0.410 e. The van der Waals surface area contributed by atoms with Gasteiger partial charge in [0.25, 0.3) is 0 Å². The Bertz CT molecular complexity index is 1250. The van der Waals surface area contributed by atoms with E-state index in [-0.39, 0.29) is 17.2 Å². The summed E-state index contributed by atoms with van der Waals surface area (Å²) in [5.74, 6) is 0.336. The van der Waals surface area contributed by atoms with Crippen LogP contribution in [0.15, 0.2) is 36.7 Å². The summed E-state index contributed by atoms with van der Waals surface area (Å²) in [5, 5.41) is 3.32. The maximum absolute atomic E-state index is 14.7. The highest BCUT2D eigenvalue weighted by Crippen LogP contribution is 2.32. The summed E-state index contributed by atoms with van der Waals surface area (Å²) in [6, 6.07) is 8.41. The number of anilines is 1. The van der Waals surface area contributed by atoms with Crippen molar-refractivity contribution in [3.8, 4) is 5.88 Å². The number of hydrogen-bond acceptors (Lipinski definition) is 7. The number of fused-ring (bicyclic) bond motifs is 1. The number of nitrogens with one attached hydrogen (secondary N) is 1. The fraction of sp³-hybridized carbons (Fsp3) is 0.440. The molecule has 0 radical (unpaired) electrons. The highest BCUT2D eigenvalue weighted by atomic mass is 35.5. The van der Waals surface area contributed by atoms with E-state index >= 15 is 0 Å². The number of aromatic nitrogens is 3. The Balaban J connectivity index is 1.53. The summed E-state index contributed by atoms with van der Waals surface area (Å²) in [4.78, 5) is 27.2. The van der Waals surface area contributed by atoms with Crippen LogP contribution in [0.4, 0.5) is 15.0 Å². The first kappa shape index (κ1) is 24.9. The summed E-state index contributed by atoms with van der Waals surface area (Å²) in [6.07, 6.45) is 1.51. The Hall–Kier alpha value is -3.20. The zero-order valence-corrected chi connectivity index (χ0v) is 21.2. The summed E-state index contributed by atoms with van der Waals surface area (Å²) in [5.41, 5.74) is 0.105. The molecule has 10 heteroatoms. The molecule has 0 bridgehead atoms. The minimum atomic E-state index is -0.839. The normalized spacial score (nSPS) is 16.4. The van der Waals surface area contributed by atoms with Crippen LogP contribution in [0.2, 0.25) is 5.02 Å². The summed E-state index contributed by atoms with van der Waals surface area (Å²) in [7, 11) is 0. The molecule has 2 aromatic heterocycles. The number of benzene rings is 1. The lowest BCUT2D eigenvalue weighted by atomic mass is 9.93. The van der Waals surface area contributed by atoms with Gasteiger partial charge in [-0.2, -0.15) is 0 Å². The Kier molecular flexibility index (Phi) is 6.73. The van der Waals surface area contributed by atoms with Crippen LogP contribution in [0.5, 0.6) is 5.88 Å². The van der Waals surface area contributed by atoms with Gasteiger partial charge in [-0.05, 0) is 46.8 Å². The maximum atomic E-state index is 14.7. The monoisotopic (exact) mass is 501 g/mol. The number of carbonyl (C=O) groups excluding carboxylic acids is 1. The molecule has 0 saturated carbocycles. The predicted molar refractivity (Wildman–Crippen MR) is 132 cm³/mol. The Morgan fingerprint density at radius 2 is 1.94 bits per heavy atom. The fourth-order valence-electron chi connectivity index (χ4n) is 3.92. The van der Waals surface area contributed by atoms with Gasteiger partial charge in [-0.25, -0.2) is 24.1 Å². The van der Waals surface area contributed by atoms with E-state index in [1.54, 1.807) is 29.2 Å². The van der Waals surface area contributed by atoms with Crippen molar-refractivity contribution in [3.63, 3.8) is 0 Å². The quantitative estimate of drug-likeness (QED) is 0.490. The van der Waals surface area contributed by atoms with E-state index in [0.717, 1.165) is 0 Å². The van der Waals surface area contributed by atoms with Gasteiger partial charge in [0.1, 0.15) is 29.4 Å². The molecular weight excluding hydrogens is 473 g/mol. The molecular formula is C25H29ClFN5O3. The van der Waals surface area contributed by atoms with Crippen LogP contribution in [-0.4, -0.2) is 50.7 Å².